The van der Waals surface area contributed by atoms with Crippen LogP contribution in [0.3, 0.4) is 0 Å². The van der Waals surface area contributed by atoms with Gasteiger partial charge in [-0.25, -0.2) is 9.78 Å². The number of carbonyl (C=O) groups is 1. The molecule has 2 aromatic heterocycles. The summed E-state index contributed by atoms with van der Waals surface area (Å²) in [5.74, 6) is 0. The molecule has 1 saturated heterocycles. The van der Waals surface area contributed by atoms with E-state index in [1.165, 1.54) is 0 Å². The monoisotopic (exact) mass is 305 g/mol. The number of carbonyl (C=O) groups excluding carboxylic acids is 1. The number of hydrogen-bond acceptors (Lipinski definition) is 4. The minimum absolute atomic E-state index is 0.00231. The van der Waals surface area contributed by atoms with Gasteiger partial charge in [0.15, 0.2) is 0 Å². The van der Waals surface area contributed by atoms with E-state index in [1.54, 1.807) is 17.5 Å². The number of aromatic nitrogens is 3. The molecule has 112 valence electrons. The fourth-order valence-corrected chi connectivity index (χ4v) is 3.37. The van der Waals surface area contributed by atoms with Crippen LogP contribution in [0.15, 0.2) is 23.8 Å². The van der Waals surface area contributed by atoms with Crippen molar-refractivity contribution in [1.82, 2.24) is 25.0 Å². The van der Waals surface area contributed by atoms with Gasteiger partial charge in [-0.3, -0.25) is 4.68 Å². The molecule has 7 heteroatoms. The number of amides is 2. The van der Waals surface area contributed by atoms with E-state index in [1.807, 2.05) is 34.1 Å². The average Bonchev–Trinajstić information content (AvgIpc) is 3.19. The summed E-state index contributed by atoms with van der Waals surface area (Å²) in [6, 6.07) is 2.13. The number of aryl methyl sites for hydroxylation is 1. The first-order valence-corrected chi connectivity index (χ1v) is 8.03. The number of nitrogens with zero attached hydrogens (tertiary/aromatic N) is 4. The molecule has 1 N–H and O–H groups in total. The fourth-order valence-electron chi connectivity index (χ4n) is 2.65. The quantitative estimate of drug-likeness (QED) is 0.940. The molecule has 0 aromatic carbocycles. The van der Waals surface area contributed by atoms with Crippen molar-refractivity contribution in [2.75, 3.05) is 6.54 Å². The minimum atomic E-state index is -0.00231. The fraction of sp³-hybridized carbons (Fsp3) is 0.500. The van der Waals surface area contributed by atoms with Crippen molar-refractivity contribution < 1.29 is 4.79 Å². The van der Waals surface area contributed by atoms with Crippen LogP contribution in [-0.2, 0) is 13.1 Å². The zero-order valence-electron chi connectivity index (χ0n) is 12.0. The largest absolute Gasteiger partial charge is 0.331 e. The summed E-state index contributed by atoms with van der Waals surface area (Å²) >= 11 is 1.58. The standard InChI is InChI=1S/C14H19N5OS/c1-11-10-21-13(17-11)8-15-14(20)19-7-2-4-12(19)9-18-6-3-5-16-18/h3,5-6,10,12H,2,4,7-9H2,1H3,(H,15,20)/t12-/m0/s1. The lowest BCUT2D eigenvalue weighted by molar-refractivity contribution is 0.185. The molecule has 2 amide bonds. The number of rotatable bonds is 4. The van der Waals surface area contributed by atoms with Gasteiger partial charge >= 0.3 is 6.03 Å². The van der Waals surface area contributed by atoms with E-state index in [0.717, 1.165) is 36.6 Å². The summed E-state index contributed by atoms with van der Waals surface area (Å²) in [4.78, 5) is 18.6. The van der Waals surface area contributed by atoms with Crippen LogP contribution in [0.5, 0.6) is 0 Å². The molecule has 0 saturated carbocycles. The molecule has 3 heterocycles. The second kappa shape index (κ2) is 6.26. The lowest BCUT2D eigenvalue weighted by Gasteiger charge is -2.24. The van der Waals surface area contributed by atoms with E-state index in [2.05, 4.69) is 15.4 Å². The summed E-state index contributed by atoms with van der Waals surface area (Å²) in [5, 5.41) is 10.1. The van der Waals surface area contributed by atoms with Gasteiger partial charge in [0.1, 0.15) is 5.01 Å². The van der Waals surface area contributed by atoms with Crippen molar-refractivity contribution >= 4 is 17.4 Å². The highest BCUT2D eigenvalue weighted by molar-refractivity contribution is 7.09. The predicted octanol–water partition coefficient (Wildman–Crippen LogP) is 2.02. The van der Waals surface area contributed by atoms with E-state index >= 15 is 0 Å². The lowest BCUT2D eigenvalue weighted by atomic mass is 10.2. The molecule has 0 radical (unpaired) electrons. The molecule has 21 heavy (non-hydrogen) atoms. The van der Waals surface area contributed by atoms with Crippen molar-refractivity contribution in [1.29, 1.82) is 0 Å². The summed E-state index contributed by atoms with van der Waals surface area (Å²) in [6.07, 6.45) is 5.79. The third kappa shape index (κ3) is 3.41. The SMILES string of the molecule is Cc1csc(CNC(=O)N2CCC[C@H]2Cn2cccn2)n1. The minimum Gasteiger partial charge on any atom is -0.331 e. The Kier molecular flexibility index (Phi) is 4.19. The van der Waals surface area contributed by atoms with E-state index in [0.29, 0.717) is 6.54 Å². The Morgan fingerprint density at radius 3 is 3.19 bits per heavy atom. The first-order chi connectivity index (χ1) is 10.2. The third-order valence-electron chi connectivity index (χ3n) is 3.65. The van der Waals surface area contributed by atoms with Crippen LogP contribution < -0.4 is 5.32 Å². The number of urea groups is 1. The zero-order valence-corrected chi connectivity index (χ0v) is 12.8. The number of thiazole rings is 1. The Labute approximate surface area is 127 Å². The van der Waals surface area contributed by atoms with Gasteiger partial charge in [-0.1, -0.05) is 0 Å². The van der Waals surface area contributed by atoms with Gasteiger partial charge in [-0.15, -0.1) is 11.3 Å². The van der Waals surface area contributed by atoms with Crippen molar-refractivity contribution in [2.45, 2.75) is 38.9 Å². The van der Waals surface area contributed by atoms with Gasteiger partial charge in [0.2, 0.25) is 0 Å². The highest BCUT2D eigenvalue weighted by atomic mass is 32.1. The number of likely N-dealkylation sites (tertiary alicyclic amines) is 1. The second-order valence-electron chi connectivity index (χ2n) is 5.26. The average molecular weight is 305 g/mol. The number of nitrogens with one attached hydrogen (secondary N) is 1. The number of hydrogen-bond donors (Lipinski definition) is 1. The first kappa shape index (κ1) is 14.1. The summed E-state index contributed by atoms with van der Waals surface area (Å²) in [7, 11) is 0. The van der Waals surface area contributed by atoms with Gasteiger partial charge < -0.3 is 10.2 Å². The topological polar surface area (TPSA) is 63.1 Å². The highest BCUT2D eigenvalue weighted by Gasteiger charge is 2.28. The maximum absolute atomic E-state index is 12.3. The molecular weight excluding hydrogens is 286 g/mol. The molecule has 1 atom stereocenters. The Balaban J connectivity index is 1.55. The van der Waals surface area contributed by atoms with Crippen molar-refractivity contribution in [3.63, 3.8) is 0 Å². The van der Waals surface area contributed by atoms with Crippen LogP contribution in [0, 0.1) is 6.92 Å². The Bertz CT molecular complexity index is 594. The van der Waals surface area contributed by atoms with E-state index in [4.69, 9.17) is 0 Å². The molecule has 2 aromatic rings. The van der Waals surface area contributed by atoms with Crippen molar-refractivity contribution in [3.8, 4) is 0 Å². The van der Waals surface area contributed by atoms with E-state index in [-0.39, 0.29) is 12.1 Å². The molecule has 0 bridgehead atoms. The van der Waals surface area contributed by atoms with Crippen LogP contribution in [0.1, 0.15) is 23.5 Å². The molecule has 0 spiro atoms. The van der Waals surface area contributed by atoms with Crippen LogP contribution in [0.2, 0.25) is 0 Å². The molecule has 0 aliphatic carbocycles. The molecule has 1 fully saturated rings. The van der Waals surface area contributed by atoms with Gasteiger partial charge in [0, 0.05) is 30.0 Å². The third-order valence-corrected chi connectivity index (χ3v) is 4.62. The van der Waals surface area contributed by atoms with Gasteiger partial charge in [0.05, 0.1) is 19.1 Å². The maximum atomic E-state index is 12.3. The van der Waals surface area contributed by atoms with Crippen LogP contribution in [-0.4, -0.2) is 38.3 Å². The Hall–Kier alpha value is -1.89. The van der Waals surface area contributed by atoms with E-state index in [9.17, 15) is 4.79 Å². The zero-order chi connectivity index (χ0) is 14.7. The molecular formula is C14H19N5OS. The molecule has 1 aliphatic heterocycles. The Morgan fingerprint density at radius 2 is 2.48 bits per heavy atom. The highest BCUT2D eigenvalue weighted by Crippen LogP contribution is 2.19. The van der Waals surface area contributed by atoms with Crippen LogP contribution in [0.25, 0.3) is 0 Å². The molecule has 6 nitrogen and oxygen atoms in total. The van der Waals surface area contributed by atoms with E-state index < -0.39 is 0 Å². The summed E-state index contributed by atoms with van der Waals surface area (Å²) in [6.45, 7) is 4.04. The van der Waals surface area contributed by atoms with Gasteiger partial charge in [0.25, 0.3) is 0 Å². The first-order valence-electron chi connectivity index (χ1n) is 7.15. The molecule has 0 unspecified atom stereocenters. The summed E-state index contributed by atoms with van der Waals surface area (Å²) in [5.41, 5.74) is 1.00. The summed E-state index contributed by atoms with van der Waals surface area (Å²) < 4.78 is 1.89. The second-order valence-corrected chi connectivity index (χ2v) is 6.20. The van der Waals surface area contributed by atoms with Crippen LogP contribution >= 0.6 is 11.3 Å². The lowest BCUT2D eigenvalue weighted by Crippen LogP contribution is -2.44. The van der Waals surface area contributed by atoms with Gasteiger partial charge in [-0.05, 0) is 25.8 Å². The van der Waals surface area contributed by atoms with Crippen LogP contribution in [0.4, 0.5) is 4.79 Å². The van der Waals surface area contributed by atoms with Gasteiger partial charge in [-0.2, -0.15) is 5.10 Å². The Morgan fingerprint density at radius 1 is 1.57 bits per heavy atom. The smallest absolute Gasteiger partial charge is 0.318 e. The van der Waals surface area contributed by atoms with Crippen molar-refractivity contribution in [2.24, 2.45) is 0 Å². The normalized spacial score (nSPS) is 18.1. The maximum Gasteiger partial charge on any atom is 0.318 e. The molecule has 1 aliphatic rings. The van der Waals surface area contributed by atoms with Crippen molar-refractivity contribution in [3.05, 3.63) is 34.5 Å². The molecule has 3 rings (SSSR count). The predicted molar refractivity (Wildman–Crippen MR) is 81.0 cm³/mol.